The van der Waals surface area contributed by atoms with Gasteiger partial charge in [-0.1, -0.05) is 0 Å². The molecule has 0 aromatic heterocycles. The van der Waals surface area contributed by atoms with Gasteiger partial charge in [0.05, 0.1) is 11.7 Å². The zero-order valence-corrected chi connectivity index (χ0v) is 7.88. The van der Waals surface area contributed by atoms with E-state index >= 15 is 0 Å². The summed E-state index contributed by atoms with van der Waals surface area (Å²) in [6.07, 6.45) is 1.63. The van der Waals surface area contributed by atoms with Gasteiger partial charge in [-0.15, -0.1) is 0 Å². The number of carbonyl (C=O) groups excluding carboxylic acids is 1. The first-order valence-electron chi connectivity index (χ1n) is 3.95. The van der Waals surface area contributed by atoms with Crippen LogP contribution in [0, 0.1) is 0 Å². The topological polar surface area (TPSA) is 35.5 Å². The third-order valence-electron chi connectivity index (χ3n) is 1.89. The molecule has 1 rings (SSSR count). The maximum absolute atomic E-state index is 11.2. The van der Waals surface area contributed by atoms with E-state index in [4.69, 9.17) is 9.47 Å². The average Bonchev–Trinajstić information content (AvgIpc) is 2.23. The molecule has 3 heteroatoms. The van der Waals surface area contributed by atoms with E-state index in [1.165, 1.54) is 0 Å². The van der Waals surface area contributed by atoms with Crippen LogP contribution in [0.1, 0.15) is 20.8 Å². The van der Waals surface area contributed by atoms with Crippen molar-refractivity contribution in [1.29, 1.82) is 0 Å². The number of esters is 1. The van der Waals surface area contributed by atoms with Crippen LogP contribution in [0.15, 0.2) is 11.6 Å². The van der Waals surface area contributed by atoms with E-state index in [2.05, 4.69) is 0 Å². The molecule has 0 fully saturated rings. The highest BCUT2D eigenvalue weighted by molar-refractivity contribution is 5.92. The lowest BCUT2D eigenvalue weighted by Gasteiger charge is -2.12. The number of ether oxygens (including phenoxy) is 2. The Morgan fingerprint density at radius 3 is 2.50 bits per heavy atom. The summed E-state index contributed by atoms with van der Waals surface area (Å²) in [6.45, 7) is 5.52. The molecule has 1 aliphatic rings. The van der Waals surface area contributed by atoms with Crippen LogP contribution in [-0.2, 0) is 14.3 Å². The fourth-order valence-electron chi connectivity index (χ4n) is 1.17. The molecule has 12 heavy (non-hydrogen) atoms. The van der Waals surface area contributed by atoms with Gasteiger partial charge < -0.3 is 9.47 Å². The maximum atomic E-state index is 11.2. The lowest BCUT2D eigenvalue weighted by molar-refractivity contribution is -0.145. The Morgan fingerprint density at radius 2 is 2.17 bits per heavy atom. The van der Waals surface area contributed by atoms with E-state index < -0.39 is 5.60 Å². The van der Waals surface area contributed by atoms with Gasteiger partial charge in [-0.05, 0) is 26.8 Å². The first kappa shape index (κ1) is 9.26. The molecule has 0 amide bonds. The van der Waals surface area contributed by atoms with Crippen molar-refractivity contribution in [2.45, 2.75) is 32.5 Å². The molecule has 0 N–H and O–H groups in total. The van der Waals surface area contributed by atoms with E-state index in [0.29, 0.717) is 5.57 Å². The van der Waals surface area contributed by atoms with Crippen molar-refractivity contribution >= 4 is 5.97 Å². The van der Waals surface area contributed by atoms with Crippen LogP contribution < -0.4 is 0 Å². The van der Waals surface area contributed by atoms with Gasteiger partial charge in [-0.2, -0.15) is 0 Å². The molecule has 0 aromatic rings. The van der Waals surface area contributed by atoms with Crippen LogP contribution in [0.25, 0.3) is 0 Å². The highest BCUT2D eigenvalue weighted by Crippen LogP contribution is 2.26. The number of methoxy groups -OCH3 is 1. The van der Waals surface area contributed by atoms with Crippen molar-refractivity contribution in [3.05, 3.63) is 11.6 Å². The summed E-state index contributed by atoms with van der Waals surface area (Å²) in [6, 6.07) is 0. The fraction of sp³-hybridized carbons (Fsp3) is 0.667. The van der Waals surface area contributed by atoms with Crippen LogP contribution in [0.3, 0.4) is 0 Å². The van der Waals surface area contributed by atoms with E-state index in [1.54, 1.807) is 7.11 Å². The second-order valence-electron chi connectivity index (χ2n) is 3.47. The minimum absolute atomic E-state index is 0.181. The van der Waals surface area contributed by atoms with Crippen LogP contribution in [0.4, 0.5) is 0 Å². The highest BCUT2D eigenvalue weighted by atomic mass is 16.6. The quantitative estimate of drug-likeness (QED) is 0.586. The molecule has 0 radical (unpaired) electrons. The smallest absolute Gasteiger partial charge is 0.337 e. The first-order chi connectivity index (χ1) is 5.46. The second-order valence-corrected chi connectivity index (χ2v) is 3.47. The second kappa shape index (κ2) is 2.90. The van der Waals surface area contributed by atoms with Gasteiger partial charge in [-0.3, -0.25) is 0 Å². The maximum Gasteiger partial charge on any atom is 0.337 e. The monoisotopic (exact) mass is 170 g/mol. The SMILES string of the molecule is COC(C)C1=CC(C)(C)OC1=O. The Labute approximate surface area is 72.4 Å². The van der Waals surface area contributed by atoms with Gasteiger partial charge in [0.25, 0.3) is 0 Å². The van der Waals surface area contributed by atoms with Crippen molar-refractivity contribution in [3.63, 3.8) is 0 Å². The zero-order valence-electron chi connectivity index (χ0n) is 7.88. The van der Waals surface area contributed by atoms with Gasteiger partial charge in [0, 0.05) is 7.11 Å². The normalized spacial score (nSPS) is 23.3. The number of rotatable bonds is 2. The summed E-state index contributed by atoms with van der Waals surface area (Å²) < 4.78 is 10.1. The van der Waals surface area contributed by atoms with Crippen molar-refractivity contribution in [3.8, 4) is 0 Å². The Hall–Kier alpha value is -0.830. The minimum atomic E-state index is -0.473. The predicted octanol–water partition coefficient (Wildman–Crippen LogP) is 1.28. The summed E-state index contributed by atoms with van der Waals surface area (Å²) in [4.78, 5) is 11.2. The molecule has 0 aliphatic carbocycles. The summed E-state index contributed by atoms with van der Waals surface area (Å²) in [5, 5.41) is 0. The van der Waals surface area contributed by atoms with Gasteiger partial charge in [0.15, 0.2) is 0 Å². The van der Waals surface area contributed by atoms with Crippen LogP contribution >= 0.6 is 0 Å². The number of hydrogen-bond acceptors (Lipinski definition) is 3. The van der Waals surface area contributed by atoms with Crippen molar-refractivity contribution in [2.24, 2.45) is 0 Å². The molecular weight excluding hydrogens is 156 g/mol. The van der Waals surface area contributed by atoms with Gasteiger partial charge in [0.2, 0.25) is 0 Å². The standard InChI is InChI=1S/C9H14O3/c1-6(11-4)7-5-9(2,3)12-8(7)10/h5-6H,1-4H3. The Morgan fingerprint density at radius 1 is 1.58 bits per heavy atom. The molecule has 1 aliphatic heterocycles. The molecule has 1 unspecified atom stereocenters. The number of hydrogen-bond donors (Lipinski definition) is 0. The van der Waals surface area contributed by atoms with Crippen molar-refractivity contribution in [1.82, 2.24) is 0 Å². The molecule has 1 heterocycles. The molecular formula is C9H14O3. The minimum Gasteiger partial charge on any atom is -0.452 e. The third-order valence-corrected chi connectivity index (χ3v) is 1.89. The van der Waals surface area contributed by atoms with Crippen LogP contribution in [-0.4, -0.2) is 24.8 Å². The van der Waals surface area contributed by atoms with Crippen LogP contribution in [0.2, 0.25) is 0 Å². The number of carbonyl (C=O) groups is 1. The Kier molecular flexibility index (Phi) is 2.24. The average molecular weight is 170 g/mol. The first-order valence-corrected chi connectivity index (χ1v) is 3.95. The molecule has 0 saturated carbocycles. The lowest BCUT2D eigenvalue weighted by Crippen LogP contribution is -2.19. The van der Waals surface area contributed by atoms with Crippen molar-refractivity contribution < 1.29 is 14.3 Å². The van der Waals surface area contributed by atoms with Gasteiger partial charge in [0.1, 0.15) is 5.60 Å². The molecule has 0 bridgehead atoms. The predicted molar refractivity (Wildman–Crippen MR) is 44.7 cm³/mol. The lowest BCUT2D eigenvalue weighted by atomic mass is 10.1. The molecule has 68 valence electrons. The Bertz CT molecular complexity index is 228. The van der Waals surface area contributed by atoms with Gasteiger partial charge in [-0.25, -0.2) is 4.79 Å². The van der Waals surface area contributed by atoms with Crippen molar-refractivity contribution in [2.75, 3.05) is 7.11 Å². The van der Waals surface area contributed by atoms with Crippen LogP contribution in [0.5, 0.6) is 0 Å². The fourth-order valence-corrected chi connectivity index (χ4v) is 1.17. The van der Waals surface area contributed by atoms with Gasteiger partial charge >= 0.3 is 5.97 Å². The van der Waals surface area contributed by atoms with E-state index in [9.17, 15) is 4.79 Å². The molecule has 0 aromatic carbocycles. The van der Waals surface area contributed by atoms with E-state index in [1.807, 2.05) is 26.8 Å². The zero-order chi connectivity index (χ0) is 9.35. The summed E-state index contributed by atoms with van der Waals surface area (Å²) >= 11 is 0. The highest BCUT2D eigenvalue weighted by Gasteiger charge is 2.34. The largest absolute Gasteiger partial charge is 0.452 e. The summed E-state index contributed by atoms with van der Waals surface area (Å²) in [5.41, 5.74) is 0.140. The van der Waals surface area contributed by atoms with E-state index in [0.717, 1.165) is 0 Å². The molecule has 3 nitrogen and oxygen atoms in total. The molecule has 0 spiro atoms. The van der Waals surface area contributed by atoms with E-state index in [-0.39, 0.29) is 12.1 Å². The Balaban J connectivity index is 2.84. The summed E-state index contributed by atoms with van der Waals surface area (Å²) in [7, 11) is 1.57. The molecule has 1 atom stereocenters. The number of cyclic esters (lactones) is 1. The third kappa shape index (κ3) is 1.67. The molecule has 0 saturated heterocycles. The summed E-state index contributed by atoms with van der Waals surface area (Å²) in [5.74, 6) is -0.269.